The van der Waals surface area contributed by atoms with Gasteiger partial charge < -0.3 is 9.80 Å². The van der Waals surface area contributed by atoms with Crippen molar-refractivity contribution in [2.24, 2.45) is 0 Å². The van der Waals surface area contributed by atoms with Crippen molar-refractivity contribution in [3.63, 3.8) is 0 Å². The molecule has 0 aliphatic carbocycles. The average molecular weight is 324 g/mol. The number of hydrogen-bond acceptors (Lipinski definition) is 4. The number of anilines is 2. The molecule has 4 heteroatoms. The maximum atomic E-state index is 4.72. The number of hydrogen-bond donors (Lipinski definition) is 0. The number of fused-ring (bicyclic) bond motifs is 1. The van der Waals surface area contributed by atoms with Gasteiger partial charge in [-0.2, -0.15) is 0 Å². The van der Waals surface area contributed by atoms with Gasteiger partial charge in [0.05, 0.1) is 0 Å². The Labute approximate surface area is 145 Å². The van der Waals surface area contributed by atoms with E-state index in [1.54, 1.807) is 0 Å². The summed E-state index contributed by atoms with van der Waals surface area (Å²) in [6, 6.07) is 10.9. The Morgan fingerprint density at radius 3 is 2.46 bits per heavy atom. The van der Waals surface area contributed by atoms with E-state index < -0.39 is 0 Å². The zero-order valence-electron chi connectivity index (χ0n) is 15.1. The van der Waals surface area contributed by atoms with Crippen LogP contribution in [-0.4, -0.2) is 29.6 Å². The quantitative estimate of drug-likeness (QED) is 0.805. The van der Waals surface area contributed by atoms with Gasteiger partial charge in [0.2, 0.25) is 0 Å². The van der Waals surface area contributed by atoms with E-state index in [9.17, 15) is 0 Å². The van der Waals surface area contributed by atoms with Crippen molar-refractivity contribution in [1.82, 2.24) is 9.97 Å². The highest BCUT2D eigenvalue weighted by molar-refractivity contribution is 5.52. The second-order valence-electron chi connectivity index (χ2n) is 6.56. The van der Waals surface area contributed by atoms with E-state index in [1.165, 1.54) is 11.1 Å². The molecule has 2 heterocycles. The summed E-state index contributed by atoms with van der Waals surface area (Å²) in [5.41, 5.74) is 2.89. The summed E-state index contributed by atoms with van der Waals surface area (Å²) in [7, 11) is 0. The topological polar surface area (TPSA) is 32.3 Å². The second-order valence-corrected chi connectivity index (χ2v) is 6.56. The molecule has 2 aromatic rings. The van der Waals surface area contributed by atoms with Crippen molar-refractivity contribution in [2.75, 3.05) is 29.4 Å². The number of nitrogens with zero attached hydrogens (tertiary/aromatic N) is 4. The van der Waals surface area contributed by atoms with Crippen molar-refractivity contribution in [3.8, 4) is 0 Å². The highest BCUT2D eigenvalue weighted by Gasteiger charge is 2.19. The Hall–Kier alpha value is -2.10. The average Bonchev–Trinajstić information content (AvgIpc) is 2.60. The lowest BCUT2D eigenvalue weighted by atomic mass is 10.00. The number of rotatable bonds is 6. The molecule has 4 nitrogen and oxygen atoms in total. The second kappa shape index (κ2) is 7.65. The highest BCUT2D eigenvalue weighted by Crippen LogP contribution is 2.25. The Morgan fingerprint density at radius 2 is 1.75 bits per heavy atom. The molecular weight excluding hydrogens is 296 g/mol. The standard InChI is InChI=1S/C20H28N4/c1-4-11-23(12-5-2)19-14-20(22-16(3)21-19)24-13-10-17-8-6-7-9-18(17)15-24/h6-9,14H,4-5,10-13,15H2,1-3H3. The molecule has 0 saturated carbocycles. The van der Waals surface area contributed by atoms with Crippen LogP contribution in [0.25, 0.3) is 0 Å². The molecule has 128 valence electrons. The summed E-state index contributed by atoms with van der Waals surface area (Å²) in [5.74, 6) is 2.99. The maximum Gasteiger partial charge on any atom is 0.134 e. The fourth-order valence-electron chi connectivity index (χ4n) is 3.43. The zero-order valence-corrected chi connectivity index (χ0v) is 15.1. The molecule has 1 aromatic carbocycles. The zero-order chi connectivity index (χ0) is 16.9. The molecule has 0 N–H and O–H groups in total. The van der Waals surface area contributed by atoms with E-state index in [0.29, 0.717) is 0 Å². The van der Waals surface area contributed by atoms with Gasteiger partial charge in [0.25, 0.3) is 0 Å². The van der Waals surface area contributed by atoms with Crippen LogP contribution in [0.5, 0.6) is 0 Å². The van der Waals surface area contributed by atoms with Gasteiger partial charge in [-0.3, -0.25) is 0 Å². The van der Waals surface area contributed by atoms with Gasteiger partial charge >= 0.3 is 0 Å². The summed E-state index contributed by atoms with van der Waals surface area (Å²) in [6.07, 6.45) is 3.35. The summed E-state index contributed by atoms with van der Waals surface area (Å²) in [5, 5.41) is 0. The summed E-state index contributed by atoms with van der Waals surface area (Å²) >= 11 is 0. The van der Waals surface area contributed by atoms with Gasteiger partial charge in [0, 0.05) is 32.2 Å². The Balaban J connectivity index is 1.86. The van der Waals surface area contributed by atoms with Crippen LogP contribution in [-0.2, 0) is 13.0 Å². The number of aryl methyl sites for hydroxylation is 1. The third-order valence-corrected chi connectivity index (χ3v) is 4.58. The van der Waals surface area contributed by atoms with Crippen molar-refractivity contribution < 1.29 is 0 Å². The first kappa shape index (κ1) is 16.7. The molecular formula is C20H28N4. The van der Waals surface area contributed by atoms with E-state index in [0.717, 1.165) is 62.9 Å². The molecule has 0 spiro atoms. The van der Waals surface area contributed by atoms with Gasteiger partial charge in [0.1, 0.15) is 17.5 Å². The summed E-state index contributed by atoms with van der Waals surface area (Å²) in [6.45, 7) is 10.5. The van der Waals surface area contributed by atoms with Crippen molar-refractivity contribution >= 4 is 11.6 Å². The Bertz CT molecular complexity index is 677. The number of aromatic nitrogens is 2. The fourth-order valence-corrected chi connectivity index (χ4v) is 3.43. The van der Waals surface area contributed by atoms with E-state index >= 15 is 0 Å². The van der Waals surface area contributed by atoms with E-state index in [2.05, 4.69) is 54.0 Å². The summed E-state index contributed by atoms with van der Waals surface area (Å²) in [4.78, 5) is 14.2. The third kappa shape index (κ3) is 3.69. The van der Waals surface area contributed by atoms with Gasteiger partial charge in [-0.1, -0.05) is 38.1 Å². The molecule has 0 fully saturated rings. The molecule has 1 aliphatic rings. The molecule has 0 radical (unpaired) electrons. The predicted molar refractivity (Wildman–Crippen MR) is 101 cm³/mol. The Morgan fingerprint density at radius 1 is 1.04 bits per heavy atom. The maximum absolute atomic E-state index is 4.72. The predicted octanol–water partition coefficient (Wildman–Crippen LogP) is 3.97. The molecule has 0 bridgehead atoms. The van der Waals surface area contributed by atoms with Gasteiger partial charge in [0.15, 0.2) is 0 Å². The van der Waals surface area contributed by atoms with E-state index in [4.69, 9.17) is 9.97 Å². The minimum Gasteiger partial charge on any atom is -0.356 e. The lowest BCUT2D eigenvalue weighted by Crippen LogP contribution is -2.32. The molecule has 3 rings (SSSR count). The Kier molecular flexibility index (Phi) is 5.34. The van der Waals surface area contributed by atoms with Crippen LogP contribution in [0.2, 0.25) is 0 Å². The first-order chi connectivity index (χ1) is 11.7. The molecule has 1 aliphatic heterocycles. The van der Waals surface area contributed by atoms with Gasteiger partial charge in [-0.15, -0.1) is 0 Å². The molecule has 0 amide bonds. The monoisotopic (exact) mass is 324 g/mol. The van der Waals surface area contributed by atoms with Crippen molar-refractivity contribution in [1.29, 1.82) is 0 Å². The first-order valence-corrected chi connectivity index (χ1v) is 9.13. The van der Waals surface area contributed by atoms with Gasteiger partial charge in [-0.25, -0.2) is 9.97 Å². The summed E-state index contributed by atoms with van der Waals surface area (Å²) < 4.78 is 0. The third-order valence-electron chi connectivity index (χ3n) is 4.58. The largest absolute Gasteiger partial charge is 0.356 e. The fraction of sp³-hybridized carbons (Fsp3) is 0.500. The van der Waals surface area contributed by atoms with Crippen LogP contribution >= 0.6 is 0 Å². The van der Waals surface area contributed by atoms with Crippen molar-refractivity contribution in [3.05, 3.63) is 47.3 Å². The lowest BCUT2D eigenvalue weighted by Gasteiger charge is -2.31. The smallest absolute Gasteiger partial charge is 0.134 e. The molecule has 0 atom stereocenters. The molecule has 0 unspecified atom stereocenters. The minimum absolute atomic E-state index is 0.860. The number of benzene rings is 1. The molecule has 1 aromatic heterocycles. The molecule has 24 heavy (non-hydrogen) atoms. The normalized spacial score (nSPS) is 13.7. The van der Waals surface area contributed by atoms with Crippen molar-refractivity contribution in [2.45, 2.75) is 46.6 Å². The van der Waals surface area contributed by atoms with Crippen LogP contribution in [0.4, 0.5) is 11.6 Å². The van der Waals surface area contributed by atoms with E-state index in [1.807, 2.05) is 6.92 Å². The van der Waals surface area contributed by atoms with Crippen LogP contribution in [0, 0.1) is 6.92 Å². The van der Waals surface area contributed by atoms with Crippen LogP contribution in [0.3, 0.4) is 0 Å². The highest BCUT2D eigenvalue weighted by atomic mass is 15.2. The van der Waals surface area contributed by atoms with E-state index in [-0.39, 0.29) is 0 Å². The SMILES string of the molecule is CCCN(CCC)c1cc(N2CCc3ccccc3C2)nc(C)n1. The van der Waals surface area contributed by atoms with Crippen LogP contribution in [0.15, 0.2) is 30.3 Å². The minimum atomic E-state index is 0.860. The molecule has 0 saturated heterocycles. The van der Waals surface area contributed by atoms with Crippen LogP contribution in [0.1, 0.15) is 43.6 Å². The van der Waals surface area contributed by atoms with Crippen LogP contribution < -0.4 is 9.80 Å². The lowest BCUT2D eigenvalue weighted by molar-refractivity contribution is 0.706. The first-order valence-electron chi connectivity index (χ1n) is 9.13. The van der Waals surface area contributed by atoms with Gasteiger partial charge in [-0.05, 0) is 37.3 Å².